The average Bonchev–Trinajstić information content (AvgIpc) is 3.13. The number of ether oxygens (including phenoxy) is 1. The van der Waals surface area contributed by atoms with E-state index >= 15 is 0 Å². The molecule has 40 heavy (non-hydrogen) atoms. The monoisotopic (exact) mass is 561 g/mol. The molecule has 1 aliphatic heterocycles. The lowest BCUT2D eigenvalue weighted by molar-refractivity contribution is -0.134. The molecule has 218 valence electrons. The first-order valence-electron chi connectivity index (χ1n) is 13.3. The van der Waals surface area contributed by atoms with Gasteiger partial charge in [-0.1, -0.05) is 51.5 Å². The van der Waals surface area contributed by atoms with E-state index in [4.69, 9.17) is 4.74 Å². The minimum absolute atomic E-state index is 0.210. The standard InChI is InChI=1S/C30H38F3N3O4/c1-7-28(5,6)15-23(37)17-35-25(38)29(18-30(32,33)19-36(29)26(39)40-27(2,3)4)14-20-8-10-21(11-9-20)24-13-12-22(31)16-34-24/h8-13,16H,7,14-15,17-19H2,1-6H3,(H,35,38). The molecule has 0 bridgehead atoms. The number of halogens is 3. The van der Waals surface area contributed by atoms with Crippen molar-refractivity contribution >= 4 is 17.8 Å². The highest BCUT2D eigenvalue weighted by Crippen LogP contribution is 2.43. The molecule has 1 atom stereocenters. The zero-order valence-corrected chi connectivity index (χ0v) is 23.9. The topological polar surface area (TPSA) is 88.6 Å². The Balaban J connectivity index is 1.94. The Bertz CT molecular complexity index is 1220. The Morgan fingerprint density at radius 3 is 2.25 bits per heavy atom. The largest absolute Gasteiger partial charge is 0.444 e. The van der Waals surface area contributed by atoms with E-state index in [1.54, 1.807) is 45.0 Å². The summed E-state index contributed by atoms with van der Waals surface area (Å²) in [5.74, 6) is -4.92. The summed E-state index contributed by atoms with van der Waals surface area (Å²) in [4.78, 5) is 44.3. The Morgan fingerprint density at radius 2 is 1.70 bits per heavy atom. The third kappa shape index (κ3) is 7.82. The van der Waals surface area contributed by atoms with Crippen LogP contribution in [0.4, 0.5) is 18.0 Å². The third-order valence-electron chi connectivity index (χ3n) is 7.05. The van der Waals surface area contributed by atoms with E-state index in [1.807, 2.05) is 20.8 Å². The maximum Gasteiger partial charge on any atom is 0.411 e. The van der Waals surface area contributed by atoms with E-state index in [2.05, 4.69) is 10.3 Å². The molecule has 1 aliphatic rings. The molecule has 1 unspecified atom stereocenters. The second-order valence-corrected chi connectivity index (χ2v) is 12.3. The van der Waals surface area contributed by atoms with Crippen molar-refractivity contribution in [3.8, 4) is 11.3 Å². The summed E-state index contributed by atoms with van der Waals surface area (Å²) >= 11 is 0. The number of hydrogen-bond donors (Lipinski definition) is 1. The second-order valence-electron chi connectivity index (χ2n) is 12.3. The summed E-state index contributed by atoms with van der Waals surface area (Å²) in [6, 6.07) is 9.45. The summed E-state index contributed by atoms with van der Waals surface area (Å²) in [6.45, 7) is 9.31. The first-order chi connectivity index (χ1) is 18.5. The molecule has 2 aromatic rings. The van der Waals surface area contributed by atoms with Crippen molar-refractivity contribution in [3.63, 3.8) is 0 Å². The maximum absolute atomic E-state index is 15.0. The highest BCUT2D eigenvalue weighted by Gasteiger charge is 2.61. The van der Waals surface area contributed by atoms with Gasteiger partial charge in [-0.2, -0.15) is 0 Å². The number of Topliss-reactive ketones (excluding diaryl/α,β-unsaturated/α-hetero) is 1. The first kappa shape index (κ1) is 31.1. The molecule has 3 rings (SSSR count). The lowest BCUT2D eigenvalue weighted by Gasteiger charge is -2.37. The molecule has 1 aromatic heterocycles. The number of nitrogens with one attached hydrogen (secondary N) is 1. The molecule has 0 radical (unpaired) electrons. The van der Waals surface area contributed by atoms with Gasteiger partial charge in [0.15, 0.2) is 5.78 Å². The van der Waals surface area contributed by atoms with E-state index in [0.717, 1.165) is 17.5 Å². The molecule has 1 aromatic carbocycles. The number of ketones is 1. The number of carbonyl (C=O) groups is 3. The van der Waals surface area contributed by atoms with Crippen molar-refractivity contribution in [2.75, 3.05) is 13.1 Å². The quantitative estimate of drug-likeness (QED) is 0.408. The number of benzene rings is 1. The van der Waals surface area contributed by atoms with E-state index in [0.29, 0.717) is 16.8 Å². The van der Waals surface area contributed by atoms with E-state index in [-0.39, 0.29) is 30.6 Å². The number of likely N-dealkylation sites (tertiary alicyclic amines) is 1. The zero-order valence-electron chi connectivity index (χ0n) is 23.9. The van der Waals surface area contributed by atoms with Crippen molar-refractivity contribution in [2.24, 2.45) is 5.41 Å². The fourth-order valence-corrected chi connectivity index (χ4v) is 4.70. The van der Waals surface area contributed by atoms with Crippen LogP contribution in [0.2, 0.25) is 0 Å². The fourth-order valence-electron chi connectivity index (χ4n) is 4.70. The summed E-state index contributed by atoms with van der Waals surface area (Å²) in [5, 5.41) is 2.54. The number of nitrogens with zero attached hydrogens (tertiary/aromatic N) is 2. The van der Waals surface area contributed by atoms with Crippen LogP contribution in [0.3, 0.4) is 0 Å². The van der Waals surface area contributed by atoms with Crippen molar-refractivity contribution in [3.05, 3.63) is 54.0 Å². The van der Waals surface area contributed by atoms with Crippen LogP contribution in [0.5, 0.6) is 0 Å². The van der Waals surface area contributed by atoms with Crippen LogP contribution in [-0.4, -0.2) is 57.8 Å². The zero-order chi connectivity index (χ0) is 29.9. The minimum Gasteiger partial charge on any atom is -0.444 e. The summed E-state index contributed by atoms with van der Waals surface area (Å²) in [6.07, 6.45) is -0.156. The van der Waals surface area contributed by atoms with Crippen molar-refractivity contribution < 1.29 is 32.3 Å². The summed E-state index contributed by atoms with van der Waals surface area (Å²) < 4.78 is 48.7. The molecule has 0 saturated carbocycles. The van der Waals surface area contributed by atoms with Crippen LogP contribution < -0.4 is 5.32 Å². The van der Waals surface area contributed by atoms with Gasteiger partial charge in [-0.25, -0.2) is 18.0 Å². The lowest BCUT2D eigenvalue weighted by Crippen LogP contribution is -2.60. The Kier molecular flexibility index (Phi) is 9.01. The number of amides is 2. The predicted octanol–water partition coefficient (Wildman–Crippen LogP) is 5.96. The Hall–Kier alpha value is -3.43. The molecular weight excluding hydrogens is 523 g/mol. The van der Waals surface area contributed by atoms with Crippen LogP contribution in [0.1, 0.15) is 66.4 Å². The number of pyridine rings is 1. The molecule has 0 spiro atoms. The average molecular weight is 562 g/mol. The van der Waals surface area contributed by atoms with Gasteiger partial charge in [0, 0.05) is 24.8 Å². The van der Waals surface area contributed by atoms with Crippen molar-refractivity contribution in [2.45, 2.75) is 84.3 Å². The molecule has 10 heteroatoms. The lowest BCUT2D eigenvalue weighted by atomic mass is 9.84. The van der Waals surface area contributed by atoms with Gasteiger partial charge < -0.3 is 10.1 Å². The van der Waals surface area contributed by atoms with Crippen LogP contribution >= 0.6 is 0 Å². The Morgan fingerprint density at radius 1 is 1.05 bits per heavy atom. The van der Waals surface area contributed by atoms with Gasteiger partial charge in [-0.05, 0) is 43.9 Å². The highest BCUT2D eigenvalue weighted by molar-refractivity contribution is 5.94. The summed E-state index contributed by atoms with van der Waals surface area (Å²) in [7, 11) is 0. The van der Waals surface area contributed by atoms with Gasteiger partial charge in [-0.3, -0.25) is 19.5 Å². The van der Waals surface area contributed by atoms with Crippen molar-refractivity contribution in [1.29, 1.82) is 0 Å². The number of rotatable bonds is 9. The van der Waals surface area contributed by atoms with Gasteiger partial charge in [0.05, 0.1) is 25.0 Å². The van der Waals surface area contributed by atoms with E-state index in [1.165, 1.54) is 12.1 Å². The van der Waals surface area contributed by atoms with Gasteiger partial charge in [0.1, 0.15) is 17.0 Å². The second kappa shape index (κ2) is 11.6. The smallest absolute Gasteiger partial charge is 0.411 e. The van der Waals surface area contributed by atoms with Crippen molar-refractivity contribution in [1.82, 2.24) is 15.2 Å². The Labute approximate surface area is 233 Å². The molecule has 0 aliphatic carbocycles. The number of carbonyl (C=O) groups excluding carboxylic acids is 3. The predicted molar refractivity (Wildman–Crippen MR) is 145 cm³/mol. The number of alkyl halides is 2. The first-order valence-corrected chi connectivity index (χ1v) is 13.3. The van der Waals surface area contributed by atoms with Crippen LogP contribution in [0.15, 0.2) is 42.6 Å². The molecule has 2 heterocycles. The summed E-state index contributed by atoms with van der Waals surface area (Å²) in [5.41, 5.74) is -1.58. The highest BCUT2D eigenvalue weighted by atomic mass is 19.3. The molecule has 1 saturated heterocycles. The minimum atomic E-state index is -3.36. The molecule has 1 fully saturated rings. The van der Waals surface area contributed by atoms with Gasteiger partial charge >= 0.3 is 6.09 Å². The van der Waals surface area contributed by atoms with E-state index < -0.39 is 47.8 Å². The van der Waals surface area contributed by atoms with Gasteiger partial charge in [0.2, 0.25) is 5.91 Å². The number of aromatic nitrogens is 1. The molecule has 1 N–H and O–H groups in total. The normalized spacial score (nSPS) is 18.9. The molecule has 2 amide bonds. The van der Waals surface area contributed by atoms with Gasteiger partial charge in [0.25, 0.3) is 5.92 Å². The number of hydrogen-bond acceptors (Lipinski definition) is 5. The van der Waals surface area contributed by atoms with Crippen LogP contribution in [-0.2, 0) is 20.7 Å². The fraction of sp³-hybridized carbons (Fsp3) is 0.533. The van der Waals surface area contributed by atoms with Crippen LogP contribution in [0, 0.1) is 11.2 Å². The van der Waals surface area contributed by atoms with Crippen LogP contribution in [0.25, 0.3) is 11.3 Å². The third-order valence-corrected chi connectivity index (χ3v) is 7.05. The maximum atomic E-state index is 15.0. The SMILES string of the molecule is CCC(C)(C)CC(=O)CNC(=O)C1(Cc2ccc(-c3ccc(F)cn3)cc2)CC(F)(F)CN1C(=O)OC(C)(C)C. The van der Waals surface area contributed by atoms with E-state index in [9.17, 15) is 27.6 Å². The molecule has 7 nitrogen and oxygen atoms in total. The molecular formula is C30H38F3N3O4. The van der Waals surface area contributed by atoms with Gasteiger partial charge in [-0.15, -0.1) is 0 Å².